The van der Waals surface area contributed by atoms with E-state index < -0.39 is 0 Å². The third-order valence-corrected chi connectivity index (χ3v) is 2.29. The molecule has 0 heterocycles. The number of hydrogen-bond donors (Lipinski definition) is 2. The molecule has 15 heavy (non-hydrogen) atoms. The first-order valence-electron chi connectivity index (χ1n) is 5.77. The van der Waals surface area contributed by atoms with E-state index in [0.717, 1.165) is 26.1 Å². The normalized spacial score (nSPS) is 10.9. The van der Waals surface area contributed by atoms with Gasteiger partial charge in [0.15, 0.2) is 0 Å². The standard InChI is InChI=1S/C13H22N2/c1-12(2)15-11-10-14-9-8-13-6-4-3-5-7-13/h3-7,12,14-15H,8-11H2,1-2H3. The van der Waals surface area contributed by atoms with E-state index in [4.69, 9.17) is 0 Å². The maximum atomic E-state index is 3.43. The topological polar surface area (TPSA) is 24.1 Å². The Kier molecular flexibility index (Phi) is 6.05. The number of hydrogen-bond acceptors (Lipinski definition) is 2. The lowest BCUT2D eigenvalue weighted by atomic mass is 10.1. The first kappa shape index (κ1) is 12.2. The van der Waals surface area contributed by atoms with Crippen LogP contribution in [0.1, 0.15) is 19.4 Å². The van der Waals surface area contributed by atoms with Crippen LogP contribution in [0.4, 0.5) is 0 Å². The molecule has 1 rings (SSSR count). The molecule has 0 spiro atoms. The highest BCUT2D eigenvalue weighted by molar-refractivity contribution is 5.14. The Balaban J connectivity index is 1.98. The zero-order chi connectivity index (χ0) is 10.9. The van der Waals surface area contributed by atoms with E-state index in [0.29, 0.717) is 6.04 Å². The molecule has 0 aliphatic carbocycles. The van der Waals surface area contributed by atoms with E-state index in [1.807, 2.05) is 0 Å². The van der Waals surface area contributed by atoms with Crippen molar-refractivity contribution >= 4 is 0 Å². The molecular formula is C13H22N2. The van der Waals surface area contributed by atoms with Crippen molar-refractivity contribution < 1.29 is 0 Å². The summed E-state index contributed by atoms with van der Waals surface area (Å²) < 4.78 is 0. The quantitative estimate of drug-likeness (QED) is 0.665. The lowest BCUT2D eigenvalue weighted by Gasteiger charge is -2.08. The average Bonchev–Trinajstić information content (AvgIpc) is 2.24. The van der Waals surface area contributed by atoms with Crippen LogP contribution in [0.2, 0.25) is 0 Å². The second-order valence-corrected chi connectivity index (χ2v) is 4.09. The van der Waals surface area contributed by atoms with Crippen molar-refractivity contribution in [1.29, 1.82) is 0 Å². The summed E-state index contributed by atoms with van der Waals surface area (Å²) in [5, 5.41) is 6.81. The lowest BCUT2D eigenvalue weighted by molar-refractivity contribution is 0.556. The zero-order valence-corrected chi connectivity index (χ0v) is 9.79. The van der Waals surface area contributed by atoms with Gasteiger partial charge < -0.3 is 10.6 Å². The van der Waals surface area contributed by atoms with Crippen molar-refractivity contribution in [2.24, 2.45) is 0 Å². The molecular weight excluding hydrogens is 184 g/mol. The molecule has 0 aliphatic heterocycles. The van der Waals surface area contributed by atoms with E-state index in [1.165, 1.54) is 5.56 Å². The van der Waals surface area contributed by atoms with Crippen molar-refractivity contribution in [1.82, 2.24) is 10.6 Å². The van der Waals surface area contributed by atoms with Gasteiger partial charge in [0, 0.05) is 19.1 Å². The molecule has 1 aromatic rings. The van der Waals surface area contributed by atoms with Gasteiger partial charge in [-0.25, -0.2) is 0 Å². The van der Waals surface area contributed by atoms with Gasteiger partial charge in [0.2, 0.25) is 0 Å². The average molecular weight is 206 g/mol. The maximum absolute atomic E-state index is 3.43. The van der Waals surface area contributed by atoms with Crippen LogP contribution in [0.25, 0.3) is 0 Å². The van der Waals surface area contributed by atoms with Crippen LogP contribution in [0.15, 0.2) is 30.3 Å². The molecule has 84 valence electrons. The third kappa shape index (κ3) is 6.26. The predicted molar refractivity (Wildman–Crippen MR) is 66.2 cm³/mol. The Morgan fingerprint density at radius 1 is 1.00 bits per heavy atom. The molecule has 0 saturated carbocycles. The zero-order valence-electron chi connectivity index (χ0n) is 9.79. The van der Waals surface area contributed by atoms with Crippen molar-refractivity contribution in [3.63, 3.8) is 0 Å². The van der Waals surface area contributed by atoms with Crippen molar-refractivity contribution in [2.75, 3.05) is 19.6 Å². The van der Waals surface area contributed by atoms with Gasteiger partial charge in [-0.15, -0.1) is 0 Å². The summed E-state index contributed by atoms with van der Waals surface area (Å²) in [7, 11) is 0. The van der Waals surface area contributed by atoms with Crippen LogP contribution in [0.5, 0.6) is 0 Å². The fourth-order valence-corrected chi connectivity index (χ4v) is 1.45. The molecule has 0 unspecified atom stereocenters. The van der Waals surface area contributed by atoms with Gasteiger partial charge in [0.25, 0.3) is 0 Å². The molecule has 1 aromatic carbocycles. The monoisotopic (exact) mass is 206 g/mol. The molecule has 0 amide bonds. The van der Waals surface area contributed by atoms with Crippen molar-refractivity contribution in [3.8, 4) is 0 Å². The molecule has 0 aliphatic rings. The van der Waals surface area contributed by atoms with Gasteiger partial charge in [-0.1, -0.05) is 44.2 Å². The third-order valence-electron chi connectivity index (χ3n) is 2.29. The van der Waals surface area contributed by atoms with E-state index in [-0.39, 0.29) is 0 Å². The first-order valence-corrected chi connectivity index (χ1v) is 5.77. The van der Waals surface area contributed by atoms with Crippen molar-refractivity contribution in [2.45, 2.75) is 26.3 Å². The van der Waals surface area contributed by atoms with Crippen LogP contribution in [0.3, 0.4) is 0 Å². The van der Waals surface area contributed by atoms with E-state index in [2.05, 4.69) is 54.8 Å². The fourth-order valence-electron chi connectivity index (χ4n) is 1.45. The maximum Gasteiger partial charge on any atom is 0.00790 e. The minimum Gasteiger partial charge on any atom is -0.315 e. The first-order chi connectivity index (χ1) is 7.29. The minimum atomic E-state index is 0.584. The van der Waals surface area contributed by atoms with Gasteiger partial charge in [0.1, 0.15) is 0 Å². The number of nitrogens with one attached hydrogen (secondary N) is 2. The van der Waals surface area contributed by atoms with E-state index >= 15 is 0 Å². The van der Waals surface area contributed by atoms with Crippen LogP contribution >= 0.6 is 0 Å². The highest BCUT2D eigenvalue weighted by Crippen LogP contribution is 1.97. The molecule has 0 radical (unpaired) electrons. The van der Waals surface area contributed by atoms with Gasteiger partial charge >= 0.3 is 0 Å². The summed E-state index contributed by atoms with van der Waals surface area (Å²) in [6.07, 6.45) is 1.11. The molecule has 2 heteroatoms. The van der Waals surface area contributed by atoms with Gasteiger partial charge in [-0.05, 0) is 18.5 Å². The molecule has 0 atom stereocenters. The van der Waals surface area contributed by atoms with Crippen molar-refractivity contribution in [3.05, 3.63) is 35.9 Å². The molecule has 0 saturated heterocycles. The predicted octanol–water partition coefficient (Wildman–Crippen LogP) is 1.82. The van der Waals surface area contributed by atoms with Crippen LogP contribution in [-0.2, 0) is 6.42 Å². The molecule has 2 N–H and O–H groups in total. The lowest BCUT2D eigenvalue weighted by Crippen LogP contribution is -2.32. The summed E-state index contributed by atoms with van der Waals surface area (Å²) in [5.41, 5.74) is 1.40. The Morgan fingerprint density at radius 3 is 2.40 bits per heavy atom. The Hall–Kier alpha value is -0.860. The summed E-state index contributed by atoms with van der Waals surface area (Å²) in [6, 6.07) is 11.2. The highest BCUT2D eigenvalue weighted by atomic mass is 14.9. The Labute approximate surface area is 93.1 Å². The molecule has 0 aromatic heterocycles. The van der Waals surface area contributed by atoms with E-state index in [9.17, 15) is 0 Å². The number of rotatable bonds is 7. The van der Waals surface area contributed by atoms with Gasteiger partial charge in [-0.2, -0.15) is 0 Å². The summed E-state index contributed by atoms with van der Waals surface area (Å²) >= 11 is 0. The van der Waals surface area contributed by atoms with Crippen LogP contribution in [0, 0.1) is 0 Å². The minimum absolute atomic E-state index is 0.584. The Bertz CT molecular complexity index is 244. The van der Waals surface area contributed by atoms with Gasteiger partial charge in [-0.3, -0.25) is 0 Å². The second-order valence-electron chi connectivity index (χ2n) is 4.09. The fraction of sp³-hybridized carbons (Fsp3) is 0.538. The smallest absolute Gasteiger partial charge is 0.00790 e. The van der Waals surface area contributed by atoms with E-state index in [1.54, 1.807) is 0 Å². The SMILES string of the molecule is CC(C)NCCNCCc1ccccc1. The highest BCUT2D eigenvalue weighted by Gasteiger charge is 1.92. The van der Waals surface area contributed by atoms with Crippen LogP contribution < -0.4 is 10.6 Å². The summed E-state index contributed by atoms with van der Waals surface area (Å²) in [4.78, 5) is 0. The molecule has 0 bridgehead atoms. The molecule has 0 fully saturated rings. The number of benzene rings is 1. The van der Waals surface area contributed by atoms with Gasteiger partial charge in [0.05, 0.1) is 0 Å². The summed E-state index contributed by atoms with van der Waals surface area (Å²) in [6.45, 7) is 7.50. The second kappa shape index (κ2) is 7.43. The molecule has 2 nitrogen and oxygen atoms in total. The largest absolute Gasteiger partial charge is 0.315 e. The Morgan fingerprint density at radius 2 is 1.73 bits per heavy atom. The summed E-state index contributed by atoms with van der Waals surface area (Å²) in [5.74, 6) is 0. The van der Waals surface area contributed by atoms with Crippen LogP contribution in [-0.4, -0.2) is 25.7 Å².